The van der Waals surface area contributed by atoms with Gasteiger partial charge >= 0.3 is 0 Å². The number of hydrogen-bond acceptors (Lipinski definition) is 4. The van der Waals surface area contributed by atoms with Crippen LogP contribution in [0.15, 0.2) is 59.0 Å². The van der Waals surface area contributed by atoms with Crippen molar-refractivity contribution in [1.82, 2.24) is 9.55 Å². The third kappa shape index (κ3) is 3.66. The minimum atomic E-state index is -0.694. The molecule has 0 bridgehead atoms. The second-order valence-electron chi connectivity index (χ2n) is 7.64. The first-order valence-electron chi connectivity index (χ1n) is 9.78. The molecule has 6 heteroatoms. The number of nitrogens with one attached hydrogen (secondary N) is 1. The van der Waals surface area contributed by atoms with Crippen LogP contribution >= 0.6 is 11.3 Å². The molecule has 0 saturated carbocycles. The van der Waals surface area contributed by atoms with Gasteiger partial charge in [-0.1, -0.05) is 42.0 Å². The molecule has 0 spiro atoms. The van der Waals surface area contributed by atoms with Gasteiger partial charge in [-0.3, -0.25) is 14.2 Å². The lowest BCUT2D eigenvalue weighted by Gasteiger charge is -2.16. The van der Waals surface area contributed by atoms with Crippen LogP contribution in [0, 0.1) is 20.8 Å². The van der Waals surface area contributed by atoms with Crippen LogP contribution in [0.2, 0.25) is 0 Å². The molecule has 4 rings (SSSR count). The van der Waals surface area contributed by atoms with Crippen LogP contribution in [0.1, 0.15) is 29.7 Å². The van der Waals surface area contributed by atoms with Gasteiger partial charge < -0.3 is 5.32 Å². The van der Waals surface area contributed by atoms with E-state index in [4.69, 9.17) is 0 Å². The molecule has 2 aromatic heterocycles. The third-order valence-corrected chi connectivity index (χ3v) is 6.22. The van der Waals surface area contributed by atoms with E-state index in [0.29, 0.717) is 10.2 Å². The molecule has 1 N–H and O–H groups in total. The average Bonchev–Trinajstić information content (AvgIpc) is 3.16. The first-order chi connectivity index (χ1) is 14.3. The van der Waals surface area contributed by atoms with Crippen LogP contribution in [0.5, 0.6) is 0 Å². The van der Waals surface area contributed by atoms with Crippen LogP contribution in [0.4, 0.5) is 5.69 Å². The molecular weight excluding hydrogens is 394 g/mol. The largest absolute Gasteiger partial charge is 0.324 e. The fourth-order valence-electron chi connectivity index (χ4n) is 3.40. The summed E-state index contributed by atoms with van der Waals surface area (Å²) in [5.41, 5.74) is 5.56. The highest BCUT2D eigenvalue weighted by atomic mass is 32.1. The highest BCUT2D eigenvalue weighted by Crippen LogP contribution is 2.31. The molecule has 30 heavy (non-hydrogen) atoms. The minimum Gasteiger partial charge on any atom is -0.324 e. The Labute approximate surface area is 179 Å². The summed E-state index contributed by atoms with van der Waals surface area (Å²) >= 11 is 1.44. The van der Waals surface area contributed by atoms with Crippen molar-refractivity contribution in [2.45, 2.75) is 33.7 Å². The maximum absolute atomic E-state index is 13.3. The summed E-state index contributed by atoms with van der Waals surface area (Å²) in [5.74, 6) is -0.251. The fraction of sp³-hybridized carbons (Fsp3) is 0.208. The number of amides is 1. The molecule has 0 aliphatic rings. The van der Waals surface area contributed by atoms with Gasteiger partial charge in [-0.15, -0.1) is 11.3 Å². The van der Waals surface area contributed by atoms with Crippen LogP contribution in [-0.4, -0.2) is 15.5 Å². The number of rotatable bonds is 4. The van der Waals surface area contributed by atoms with E-state index in [0.717, 1.165) is 33.5 Å². The van der Waals surface area contributed by atoms with Gasteiger partial charge in [0.05, 0.1) is 11.7 Å². The smallest absolute Gasteiger partial charge is 0.263 e. The SMILES string of the molecule is Cc1ccc(-c2csc3ncn([C@@H](C)C(=O)Nc4cc(C)ccc4C)c(=O)c23)cc1. The monoisotopic (exact) mass is 417 g/mol. The van der Waals surface area contributed by atoms with Crippen molar-refractivity contribution in [3.05, 3.63) is 81.2 Å². The van der Waals surface area contributed by atoms with Crippen molar-refractivity contribution in [3.63, 3.8) is 0 Å². The third-order valence-electron chi connectivity index (χ3n) is 5.33. The lowest BCUT2D eigenvalue weighted by molar-refractivity contribution is -0.118. The van der Waals surface area contributed by atoms with Gasteiger partial charge in [0.2, 0.25) is 5.91 Å². The molecule has 5 nitrogen and oxygen atoms in total. The number of aryl methyl sites for hydroxylation is 3. The Morgan fingerprint density at radius 3 is 2.50 bits per heavy atom. The Morgan fingerprint density at radius 1 is 1.07 bits per heavy atom. The van der Waals surface area contributed by atoms with Crippen LogP contribution in [0.3, 0.4) is 0 Å². The highest BCUT2D eigenvalue weighted by molar-refractivity contribution is 7.17. The molecule has 152 valence electrons. The number of thiophene rings is 1. The lowest BCUT2D eigenvalue weighted by Crippen LogP contribution is -2.31. The fourth-order valence-corrected chi connectivity index (χ4v) is 4.31. The molecule has 1 atom stereocenters. The van der Waals surface area contributed by atoms with Crippen molar-refractivity contribution in [1.29, 1.82) is 0 Å². The zero-order chi connectivity index (χ0) is 21.4. The molecule has 0 radical (unpaired) electrons. The van der Waals surface area contributed by atoms with E-state index in [1.54, 1.807) is 6.92 Å². The zero-order valence-corrected chi connectivity index (χ0v) is 18.2. The van der Waals surface area contributed by atoms with E-state index in [9.17, 15) is 9.59 Å². The van der Waals surface area contributed by atoms with E-state index in [-0.39, 0.29) is 11.5 Å². The van der Waals surface area contributed by atoms with E-state index < -0.39 is 6.04 Å². The molecule has 0 aliphatic heterocycles. The summed E-state index contributed by atoms with van der Waals surface area (Å²) in [6.07, 6.45) is 1.47. The summed E-state index contributed by atoms with van der Waals surface area (Å²) in [6, 6.07) is 13.3. The maximum Gasteiger partial charge on any atom is 0.263 e. The first kappa shape index (κ1) is 20.0. The summed E-state index contributed by atoms with van der Waals surface area (Å²) in [5, 5.41) is 5.45. The second-order valence-corrected chi connectivity index (χ2v) is 8.49. The van der Waals surface area contributed by atoms with Gasteiger partial charge in [-0.25, -0.2) is 4.98 Å². The number of hydrogen-bond donors (Lipinski definition) is 1. The van der Waals surface area contributed by atoms with E-state index >= 15 is 0 Å². The zero-order valence-electron chi connectivity index (χ0n) is 17.4. The molecule has 2 aromatic carbocycles. The molecule has 4 aromatic rings. The number of fused-ring (bicyclic) bond motifs is 1. The van der Waals surface area contributed by atoms with Crippen LogP contribution in [0.25, 0.3) is 21.3 Å². The Balaban J connectivity index is 1.72. The first-order valence-corrected chi connectivity index (χ1v) is 10.7. The predicted molar refractivity (Wildman–Crippen MR) is 123 cm³/mol. The van der Waals surface area contributed by atoms with Crippen LogP contribution in [-0.2, 0) is 4.79 Å². The van der Waals surface area contributed by atoms with E-state index in [1.807, 2.05) is 68.6 Å². The van der Waals surface area contributed by atoms with E-state index in [1.165, 1.54) is 22.2 Å². The summed E-state index contributed by atoms with van der Waals surface area (Å²) in [6.45, 7) is 7.66. The number of benzene rings is 2. The molecule has 1 amide bonds. The van der Waals surface area contributed by atoms with Gasteiger partial charge in [0.15, 0.2) is 0 Å². The van der Waals surface area contributed by atoms with E-state index in [2.05, 4.69) is 10.3 Å². The van der Waals surface area contributed by atoms with Crippen molar-refractivity contribution < 1.29 is 4.79 Å². The Bertz CT molecular complexity index is 1300. The Hall–Kier alpha value is -3.25. The van der Waals surface area contributed by atoms with Gasteiger partial charge in [0.25, 0.3) is 5.56 Å². The molecular formula is C24H23N3O2S. The summed E-state index contributed by atoms with van der Waals surface area (Å²) in [7, 11) is 0. The normalized spacial score (nSPS) is 12.1. The predicted octanol–water partition coefficient (Wildman–Crippen LogP) is 5.25. The number of carbonyl (C=O) groups is 1. The maximum atomic E-state index is 13.3. The van der Waals surface area contributed by atoms with Crippen molar-refractivity contribution in [2.75, 3.05) is 5.32 Å². The number of nitrogens with zero attached hydrogens (tertiary/aromatic N) is 2. The van der Waals surface area contributed by atoms with Gasteiger partial charge in [0.1, 0.15) is 10.9 Å². The Morgan fingerprint density at radius 2 is 1.77 bits per heavy atom. The summed E-state index contributed by atoms with van der Waals surface area (Å²) < 4.78 is 1.41. The van der Waals surface area contributed by atoms with Gasteiger partial charge in [-0.2, -0.15) is 0 Å². The molecule has 2 heterocycles. The number of carbonyl (C=O) groups excluding carboxylic acids is 1. The molecule has 0 saturated heterocycles. The Kier molecular flexibility index (Phi) is 5.26. The molecule has 0 aliphatic carbocycles. The van der Waals surface area contributed by atoms with Gasteiger partial charge in [0, 0.05) is 16.6 Å². The number of anilines is 1. The van der Waals surface area contributed by atoms with Crippen molar-refractivity contribution in [2.24, 2.45) is 0 Å². The standard InChI is InChI=1S/C24H23N3O2S/c1-14-6-9-18(10-7-14)19-12-30-23-21(19)24(29)27(13-25-23)17(4)22(28)26-20-11-15(2)5-8-16(20)3/h5-13,17H,1-4H3,(H,26,28)/t17-/m0/s1. The second kappa shape index (κ2) is 7.88. The lowest BCUT2D eigenvalue weighted by atomic mass is 10.0. The number of aromatic nitrogens is 2. The summed E-state index contributed by atoms with van der Waals surface area (Å²) in [4.78, 5) is 31.3. The van der Waals surface area contributed by atoms with Crippen molar-refractivity contribution in [3.8, 4) is 11.1 Å². The average molecular weight is 418 g/mol. The van der Waals surface area contributed by atoms with Gasteiger partial charge in [-0.05, 0) is 50.5 Å². The molecule has 0 fully saturated rings. The molecule has 0 unspecified atom stereocenters. The quantitative estimate of drug-likeness (QED) is 0.493. The topological polar surface area (TPSA) is 64.0 Å². The highest BCUT2D eigenvalue weighted by Gasteiger charge is 2.21. The minimum absolute atomic E-state index is 0.208. The van der Waals surface area contributed by atoms with Crippen molar-refractivity contribution >= 4 is 33.1 Å². The van der Waals surface area contributed by atoms with Crippen LogP contribution < -0.4 is 10.9 Å².